The summed E-state index contributed by atoms with van der Waals surface area (Å²) in [5, 5.41) is 0. The van der Waals surface area contributed by atoms with Crippen molar-refractivity contribution in [2.75, 3.05) is 4.90 Å². The van der Waals surface area contributed by atoms with E-state index in [1.807, 2.05) is 6.92 Å². The van der Waals surface area contributed by atoms with Crippen LogP contribution in [0.3, 0.4) is 0 Å². The SMILES string of the molecule is CCc1cnccc1N1C(=O)CCCC1=O. The van der Waals surface area contributed by atoms with Crippen molar-refractivity contribution < 1.29 is 9.59 Å². The molecule has 1 saturated heterocycles. The van der Waals surface area contributed by atoms with Crippen LogP contribution in [0, 0.1) is 0 Å². The van der Waals surface area contributed by atoms with Crippen LogP contribution >= 0.6 is 0 Å². The van der Waals surface area contributed by atoms with Crippen molar-refractivity contribution in [3.8, 4) is 0 Å². The highest BCUT2D eigenvalue weighted by Crippen LogP contribution is 2.25. The molecule has 2 heterocycles. The number of hydrogen-bond donors (Lipinski definition) is 0. The second-order valence-electron chi connectivity index (χ2n) is 3.83. The minimum Gasteiger partial charge on any atom is -0.274 e. The maximum absolute atomic E-state index is 11.8. The van der Waals surface area contributed by atoms with Gasteiger partial charge in [-0.15, -0.1) is 0 Å². The number of amides is 2. The molecule has 1 aromatic rings. The van der Waals surface area contributed by atoms with Crippen LogP contribution < -0.4 is 4.90 Å². The van der Waals surface area contributed by atoms with Gasteiger partial charge in [-0.2, -0.15) is 0 Å². The van der Waals surface area contributed by atoms with Crippen molar-refractivity contribution in [3.63, 3.8) is 0 Å². The molecular weight excluding hydrogens is 204 g/mol. The molecule has 0 saturated carbocycles. The van der Waals surface area contributed by atoms with E-state index in [0.29, 0.717) is 24.9 Å². The molecule has 84 valence electrons. The van der Waals surface area contributed by atoms with Crippen LogP contribution in [0.1, 0.15) is 31.7 Å². The minimum atomic E-state index is -0.0999. The Kier molecular flexibility index (Phi) is 2.99. The Morgan fingerprint density at radius 1 is 1.31 bits per heavy atom. The first kappa shape index (κ1) is 10.8. The summed E-state index contributed by atoms with van der Waals surface area (Å²) < 4.78 is 0. The number of aromatic nitrogens is 1. The smallest absolute Gasteiger partial charge is 0.233 e. The Balaban J connectivity index is 2.41. The number of imide groups is 1. The summed E-state index contributed by atoms with van der Waals surface area (Å²) in [4.78, 5) is 28.8. The molecule has 0 aromatic carbocycles. The molecule has 1 aromatic heterocycles. The van der Waals surface area contributed by atoms with E-state index in [2.05, 4.69) is 4.98 Å². The van der Waals surface area contributed by atoms with Gasteiger partial charge in [0.1, 0.15) is 0 Å². The zero-order valence-corrected chi connectivity index (χ0v) is 9.27. The fourth-order valence-electron chi connectivity index (χ4n) is 1.93. The van der Waals surface area contributed by atoms with E-state index in [1.54, 1.807) is 18.5 Å². The molecule has 1 aliphatic rings. The third-order valence-corrected chi connectivity index (χ3v) is 2.78. The van der Waals surface area contributed by atoms with Gasteiger partial charge in [-0.1, -0.05) is 6.92 Å². The number of nitrogens with zero attached hydrogens (tertiary/aromatic N) is 2. The highest BCUT2D eigenvalue weighted by molar-refractivity contribution is 6.16. The fraction of sp³-hybridized carbons (Fsp3) is 0.417. The van der Waals surface area contributed by atoms with Crippen LogP contribution in [-0.4, -0.2) is 16.8 Å². The van der Waals surface area contributed by atoms with Gasteiger partial charge in [0.05, 0.1) is 5.69 Å². The van der Waals surface area contributed by atoms with Crippen molar-refractivity contribution in [2.45, 2.75) is 32.6 Å². The lowest BCUT2D eigenvalue weighted by Gasteiger charge is -2.26. The summed E-state index contributed by atoms with van der Waals surface area (Å²) >= 11 is 0. The summed E-state index contributed by atoms with van der Waals surface area (Å²) in [5.41, 5.74) is 1.64. The maximum atomic E-state index is 11.8. The van der Waals surface area contributed by atoms with Crippen LogP contribution in [-0.2, 0) is 16.0 Å². The molecule has 1 fully saturated rings. The largest absolute Gasteiger partial charge is 0.274 e. The first-order valence-corrected chi connectivity index (χ1v) is 5.52. The number of carbonyl (C=O) groups excluding carboxylic acids is 2. The summed E-state index contributed by atoms with van der Waals surface area (Å²) in [6.07, 6.45) is 5.67. The van der Waals surface area contributed by atoms with Crippen LogP contribution in [0.5, 0.6) is 0 Å². The van der Waals surface area contributed by atoms with Gasteiger partial charge in [0.2, 0.25) is 11.8 Å². The lowest BCUT2D eigenvalue weighted by Crippen LogP contribution is -2.40. The monoisotopic (exact) mass is 218 g/mol. The number of piperidine rings is 1. The number of aryl methyl sites for hydroxylation is 1. The quantitative estimate of drug-likeness (QED) is 0.710. The topological polar surface area (TPSA) is 50.3 Å². The summed E-state index contributed by atoms with van der Waals surface area (Å²) in [6, 6.07) is 1.74. The predicted molar refractivity (Wildman–Crippen MR) is 60.0 cm³/mol. The normalized spacial score (nSPS) is 16.7. The molecule has 4 heteroatoms. The maximum Gasteiger partial charge on any atom is 0.233 e. The molecule has 0 bridgehead atoms. The molecule has 0 atom stereocenters. The van der Waals surface area contributed by atoms with Gasteiger partial charge in [-0.05, 0) is 24.5 Å². The van der Waals surface area contributed by atoms with Crippen molar-refractivity contribution in [1.29, 1.82) is 0 Å². The van der Waals surface area contributed by atoms with Gasteiger partial charge in [-0.3, -0.25) is 19.5 Å². The molecule has 0 spiro atoms. The molecule has 0 N–H and O–H groups in total. The number of carbonyl (C=O) groups is 2. The van der Waals surface area contributed by atoms with E-state index in [-0.39, 0.29) is 11.8 Å². The highest BCUT2D eigenvalue weighted by atomic mass is 16.2. The third-order valence-electron chi connectivity index (χ3n) is 2.78. The lowest BCUT2D eigenvalue weighted by molar-refractivity contribution is -0.129. The molecule has 2 rings (SSSR count). The van der Waals surface area contributed by atoms with E-state index < -0.39 is 0 Å². The Bertz CT molecular complexity index is 413. The Morgan fingerprint density at radius 3 is 2.62 bits per heavy atom. The molecule has 0 unspecified atom stereocenters. The van der Waals surface area contributed by atoms with E-state index >= 15 is 0 Å². The molecular formula is C12H14N2O2. The van der Waals surface area contributed by atoms with Crippen molar-refractivity contribution in [3.05, 3.63) is 24.0 Å². The van der Waals surface area contributed by atoms with Crippen LogP contribution in [0.4, 0.5) is 5.69 Å². The van der Waals surface area contributed by atoms with Crippen LogP contribution in [0.25, 0.3) is 0 Å². The van der Waals surface area contributed by atoms with Gasteiger partial charge < -0.3 is 0 Å². The number of pyridine rings is 1. The van der Waals surface area contributed by atoms with Crippen molar-refractivity contribution >= 4 is 17.5 Å². The average molecular weight is 218 g/mol. The van der Waals surface area contributed by atoms with Gasteiger partial charge in [-0.25, -0.2) is 0 Å². The minimum absolute atomic E-state index is 0.0999. The zero-order valence-electron chi connectivity index (χ0n) is 9.27. The molecule has 0 radical (unpaired) electrons. The third kappa shape index (κ3) is 1.83. The molecule has 16 heavy (non-hydrogen) atoms. The molecule has 0 aliphatic carbocycles. The van der Waals surface area contributed by atoms with Gasteiger partial charge in [0.25, 0.3) is 0 Å². The Hall–Kier alpha value is -1.71. The number of anilines is 1. The van der Waals surface area contributed by atoms with Crippen molar-refractivity contribution in [1.82, 2.24) is 4.98 Å². The van der Waals surface area contributed by atoms with E-state index in [0.717, 1.165) is 12.0 Å². The fourth-order valence-corrected chi connectivity index (χ4v) is 1.93. The first-order valence-electron chi connectivity index (χ1n) is 5.52. The lowest BCUT2D eigenvalue weighted by atomic mass is 10.1. The molecule has 2 amide bonds. The highest BCUT2D eigenvalue weighted by Gasteiger charge is 2.28. The van der Waals surface area contributed by atoms with E-state index in [4.69, 9.17) is 0 Å². The summed E-state index contributed by atoms with van der Waals surface area (Å²) in [5.74, 6) is -0.200. The number of rotatable bonds is 2. The summed E-state index contributed by atoms with van der Waals surface area (Å²) in [6.45, 7) is 1.99. The predicted octanol–water partition coefficient (Wildman–Crippen LogP) is 1.69. The Labute approximate surface area is 94.3 Å². The zero-order chi connectivity index (χ0) is 11.5. The number of hydrogen-bond acceptors (Lipinski definition) is 3. The van der Waals surface area contributed by atoms with E-state index in [9.17, 15) is 9.59 Å². The van der Waals surface area contributed by atoms with Gasteiger partial charge in [0, 0.05) is 25.2 Å². The second-order valence-corrected chi connectivity index (χ2v) is 3.83. The Morgan fingerprint density at radius 2 is 2.00 bits per heavy atom. The van der Waals surface area contributed by atoms with Crippen molar-refractivity contribution in [2.24, 2.45) is 0 Å². The molecule has 1 aliphatic heterocycles. The van der Waals surface area contributed by atoms with Crippen LogP contribution in [0.15, 0.2) is 18.5 Å². The van der Waals surface area contributed by atoms with Gasteiger partial charge >= 0.3 is 0 Å². The summed E-state index contributed by atoms with van der Waals surface area (Å²) in [7, 11) is 0. The van der Waals surface area contributed by atoms with Crippen LogP contribution in [0.2, 0.25) is 0 Å². The first-order chi connectivity index (χ1) is 7.74. The van der Waals surface area contributed by atoms with E-state index in [1.165, 1.54) is 4.90 Å². The average Bonchev–Trinajstić information content (AvgIpc) is 2.29. The van der Waals surface area contributed by atoms with Gasteiger partial charge in [0.15, 0.2) is 0 Å². The second kappa shape index (κ2) is 4.43. The standard InChI is InChI=1S/C12H14N2O2/c1-2-9-8-13-7-6-10(9)14-11(15)4-3-5-12(14)16/h6-8H,2-5H2,1H3. The molecule has 4 nitrogen and oxygen atoms in total.